The number of pyridine rings is 3. The maximum Gasteiger partial charge on any atom is 0.261 e. The van der Waals surface area contributed by atoms with Gasteiger partial charge in [-0.15, -0.1) is 0 Å². The molecule has 4 aliphatic carbocycles. The summed E-state index contributed by atoms with van der Waals surface area (Å²) in [5.41, 5.74) is 14.6. The predicted molar refractivity (Wildman–Crippen MR) is 413 cm³/mol. The molecule has 8 atom stereocenters. The van der Waals surface area contributed by atoms with Gasteiger partial charge in [0.1, 0.15) is 21.7 Å². The maximum absolute atomic E-state index is 13.6. The second-order valence-electron chi connectivity index (χ2n) is 29.0. The lowest BCUT2D eigenvalue weighted by atomic mass is 9.83. The largest absolute Gasteiger partial charge is 0.481 e. The zero-order chi connectivity index (χ0) is 71.8. The SMILES string of the molecule is CC[C@@H]1CCCC[C@H]1NC.CN1CC=Cc2c(Cc3ccc(Cl)nc3)cc3c(=O)n([C@H]4CCCC[C@@H]4O)cnc3c21.CN1CC=Cc2c(Cc3cccnc3)cc3c(=O)n([C@H]4CCCC[C@@H]4O)cnc3c21.COc1ccc(Cc2cc3c(=O)n([C@H]4CCCC[C@@H]4O)cnc3c3c2C=CCN3C)cn1. The first-order valence-electron chi connectivity index (χ1n) is 37.1. The standard InChI is InChI=1S/C25H28N4O3.C24H25ClN4O2.C24H26N4O2.C9H19N/c1-28-11-5-6-18-17(12-16-9-10-22(32-2)26-14-16)13-19-23(24(18)28)27-15-29(25(19)31)20-7-3-4-8-21(20)30;1-28-10-4-5-17-16(11-15-8-9-21(25)26-13-15)12-18-22(23(17)28)27-14-29(24(18)31)19-6-2-3-7-20(19)30;1-27-11-5-7-18-17(12-16-6-4-10-25-14-16)13-19-22(23(18)27)26-15-28(24(19)30)20-8-2-3-9-21(20)29;1-3-8-6-4-5-7-9(8)10-2/h5-6,9-10,13-15,20-21,30H,3-4,7-8,11-12H2,1-2H3;4-5,8-9,12-14,19-20,30H,2-3,6-7,10-11H2,1H3;4-7,10,13-15,20-21,29H,2-3,8-9,11-12H2,1H3;8-10H,3-7H2,1-2H3/t20-,21-;19-,20-;20-,21-;8-,9-/m0001/s1. The lowest BCUT2D eigenvalue weighted by molar-refractivity contribution is 0.0733. The molecule has 20 nitrogen and oxygen atoms in total. The first-order chi connectivity index (χ1) is 50.1. The second kappa shape index (κ2) is 32.8. The average molecular weight is 1410 g/mol. The molecule has 0 spiro atoms. The Morgan fingerprint density at radius 3 is 1.25 bits per heavy atom. The van der Waals surface area contributed by atoms with E-state index in [1.165, 1.54) is 32.1 Å². The number of nitrogens with zero attached hydrogens (tertiary/aromatic N) is 12. The summed E-state index contributed by atoms with van der Waals surface area (Å²) in [6, 6.07) is 17.7. The Morgan fingerprint density at radius 2 is 0.903 bits per heavy atom. The summed E-state index contributed by atoms with van der Waals surface area (Å²) in [5, 5.41) is 37.2. The topological polar surface area (TPSA) is 235 Å². The minimum atomic E-state index is -0.506. The van der Waals surface area contributed by atoms with Crippen molar-refractivity contribution in [1.82, 2.24) is 48.9 Å². The molecule has 16 rings (SSSR count). The number of aliphatic hydroxyl groups is 3. The lowest BCUT2D eigenvalue weighted by Crippen LogP contribution is -2.35. The molecule has 6 aromatic heterocycles. The van der Waals surface area contributed by atoms with Crippen molar-refractivity contribution in [3.8, 4) is 5.88 Å². The van der Waals surface area contributed by atoms with Crippen molar-refractivity contribution in [3.63, 3.8) is 0 Å². The van der Waals surface area contributed by atoms with Crippen molar-refractivity contribution in [3.05, 3.63) is 203 Å². The summed E-state index contributed by atoms with van der Waals surface area (Å²) >= 11 is 5.95. The number of methoxy groups -OCH3 is 1. The summed E-state index contributed by atoms with van der Waals surface area (Å²) in [7, 11) is 9.78. The van der Waals surface area contributed by atoms with Crippen LogP contribution < -0.4 is 41.4 Å². The number of rotatable bonds is 12. The first-order valence-corrected chi connectivity index (χ1v) is 37.5. The molecular weight excluding hydrogens is 1310 g/mol. The molecular formula is C82H98ClN13O7. The van der Waals surface area contributed by atoms with Gasteiger partial charge in [-0.3, -0.25) is 33.1 Å². The number of hydrogen-bond donors (Lipinski definition) is 4. The number of benzene rings is 3. The monoisotopic (exact) mass is 1410 g/mol. The third-order valence-corrected chi connectivity index (χ3v) is 22.5. The van der Waals surface area contributed by atoms with Gasteiger partial charge in [-0.1, -0.05) is 131 Å². The third-order valence-electron chi connectivity index (χ3n) is 22.3. The van der Waals surface area contributed by atoms with Crippen molar-refractivity contribution in [1.29, 1.82) is 0 Å². The van der Waals surface area contributed by atoms with E-state index in [0.29, 0.717) is 52.0 Å². The predicted octanol–water partition coefficient (Wildman–Crippen LogP) is 12.8. The Labute approximate surface area is 607 Å². The molecule has 4 N–H and O–H groups in total. The minimum absolute atomic E-state index is 0.0656. The highest BCUT2D eigenvalue weighted by molar-refractivity contribution is 6.29. The average Bonchev–Trinajstić information content (AvgIpc) is 0.757. The molecule has 0 saturated heterocycles. The van der Waals surface area contributed by atoms with Crippen LogP contribution in [0.2, 0.25) is 5.15 Å². The van der Waals surface area contributed by atoms with Gasteiger partial charge in [0, 0.05) is 94.4 Å². The fourth-order valence-electron chi connectivity index (χ4n) is 16.8. The second-order valence-corrected chi connectivity index (χ2v) is 29.4. The van der Waals surface area contributed by atoms with Crippen LogP contribution in [0.1, 0.15) is 184 Å². The number of hydrogen-bond acceptors (Lipinski definition) is 17. The van der Waals surface area contributed by atoms with Crippen molar-refractivity contribution in [2.24, 2.45) is 5.92 Å². The number of halogens is 1. The van der Waals surface area contributed by atoms with Gasteiger partial charge in [0.05, 0.1) is 95.8 Å². The highest BCUT2D eigenvalue weighted by Crippen LogP contribution is 2.40. The van der Waals surface area contributed by atoms with E-state index in [4.69, 9.17) is 31.3 Å². The quantitative estimate of drug-likeness (QED) is 0.0832. The molecule has 9 heterocycles. The summed E-state index contributed by atoms with van der Waals surface area (Å²) in [6.45, 7) is 4.62. The van der Waals surface area contributed by atoms with Crippen LogP contribution in [0.4, 0.5) is 17.1 Å². The summed E-state index contributed by atoms with van der Waals surface area (Å²) in [6.07, 6.45) is 43.1. The maximum atomic E-state index is 13.6. The zero-order valence-corrected chi connectivity index (χ0v) is 61.1. The van der Waals surface area contributed by atoms with Crippen LogP contribution in [0.25, 0.3) is 50.9 Å². The number of anilines is 3. The van der Waals surface area contributed by atoms with E-state index in [-0.39, 0.29) is 34.8 Å². The van der Waals surface area contributed by atoms with Gasteiger partial charge in [-0.05, 0) is 147 Å². The molecule has 3 aliphatic heterocycles. The molecule has 4 saturated carbocycles. The Kier molecular flexibility index (Phi) is 23.1. The lowest BCUT2D eigenvalue weighted by Gasteiger charge is -2.30. The number of ether oxygens (including phenoxy) is 1. The van der Waals surface area contributed by atoms with Crippen LogP contribution in [0, 0.1) is 5.92 Å². The van der Waals surface area contributed by atoms with Crippen LogP contribution in [0.15, 0.2) is 131 Å². The van der Waals surface area contributed by atoms with E-state index < -0.39 is 18.3 Å². The number of nitrogens with one attached hydrogen (secondary N) is 1. The molecule has 7 aliphatic rings. The van der Waals surface area contributed by atoms with Crippen molar-refractivity contribution in [2.75, 3.05) is 69.6 Å². The van der Waals surface area contributed by atoms with Crippen molar-refractivity contribution >= 4 is 79.6 Å². The van der Waals surface area contributed by atoms with Gasteiger partial charge in [-0.2, -0.15) is 0 Å². The van der Waals surface area contributed by atoms with E-state index in [1.807, 2.05) is 76.0 Å². The van der Waals surface area contributed by atoms with Gasteiger partial charge >= 0.3 is 0 Å². The van der Waals surface area contributed by atoms with Crippen LogP contribution >= 0.6 is 11.6 Å². The zero-order valence-electron chi connectivity index (χ0n) is 60.3. The molecule has 21 heteroatoms. The van der Waals surface area contributed by atoms with Gasteiger partial charge in [0.2, 0.25) is 5.88 Å². The number of fused-ring (bicyclic) bond motifs is 9. The van der Waals surface area contributed by atoms with Crippen molar-refractivity contribution in [2.45, 2.75) is 178 Å². The molecule has 0 amide bonds. The van der Waals surface area contributed by atoms with Crippen LogP contribution in [0.5, 0.6) is 5.88 Å². The van der Waals surface area contributed by atoms with Crippen LogP contribution in [-0.2, 0) is 19.3 Å². The number of aliphatic hydroxyl groups excluding tert-OH is 3. The Balaban J connectivity index is 0.000000129. The highest BCUT2D eigenvalue weighted by atomic mass is 35.5. The smallest absolute Gasteiger partial charge is 0.261 e. The van der Waals surface area contributed by atoms with E-state index >= 15 is 0 Å². The fourth-order valence-corrected chi connectivity index (χ4v) is 16.9. The van der Waals surface area contributed by atoms with Gasteiger partial charge < -0.3 is 40.1 Å². The molecule has 0 radical (unpaired) electrons. The molecule has 3 aromatic carbocycles. The van der Waals surface area contributed by atoms with Gasteiger partial charge in [0.25, 0.3) is 16.7 Å². The van der Waals surface area contributed by atoms with Gasteiger partial charge in [-0.25, -0.2) is 24.9 Å². The van der Waals surface area contributed by atoms with Gasteiger partial charge in [0.15, 0.2) is 0 Å². The molecule has 103 heavy (non-hydrogen) atoms. The minimum Gasteiger partial charge on any atom is -0.481 e. The number of likely N-dealkylation sites (N-methyl/N-ethyl adjacent to an activating group) is 3. The van der Waals surface area contributed by atoms with Crippen LogP contribution in [0.3, 0.4) is 0 Å². The van der Waals surface area contributed by atoms with Crippen LogP contribution in [-0.4, -0.2) is 138 Å². The number of aromatic nitrogens is 9. The normalized spacial score (nSPS) is 22.1. The highest BCUT2D eigenvalue weighted by Gasteiger charge is 2.32. The summed E-state index contributed by atoms with van der Waals surface area (Å²) in [4.78, 5) is 74.1. The molecule has 0 bridgehead atoms. The van der Waals surface area contributed by atoms with Crippen molar-refractivity contribution < 1.29 is 20.1 Å². The Bertz CT molecular complexity index is 4760. The molecule has 4 fully saturated rings. The van der Waals surface area contributed by atoms with E-state index in [0.717, 1.165) is 187 Å². The van der Waals surface area contributed by atoms with E-state index in [1.54, 1.807) is 58.3 Å². The fraction of sp³-hybridized carbons (Fsp3) is 0.451. The summed E-state index contributed by atoms with van der Waals surface area (Å²) < 4.78 is 10.1. The Hall–Kier alpha value is -8.92. The third kappa shape index (κ3) is 15.7. The molecule has 540 valence electrons. The molecule has 9 aromatic rings. The summed E-state index contributed by atoms with van der Waals surface area (Å²) in [5.74, 6) is 1.53. The van der Waals surface area contributed by atoms with E-state index in [2.05, 4.69) is 91.5 Å². The molecule has 0 unspecified atom stereocenters. The first kappa shape index (κ1) is 72.4. The Morgan fingerprint density at radius 1 is 0.505 bits per heavy atom. The van der Waals surface area contributed by atoms with E-state index in [9.17, 15) is 29.7 Å².